The molecule has 0 spiro atoms. The van der Waals surface area contributed by atoms with E-state index in [9.17, 15) is 20.2 Å². The number of nitrogens with zero attached hydrogens (tertiary/aromatic N) is 3. The first-order valence-corrected chi connectivity index (χ1v) is 7.53. The monoisotopic (exact) mass is 342 g/mol. The summed E-state index contributed by atoms with van der Waals surface area (Å²) in [7, 11) is 0. The molecule has 3 aromatic rings. The number of anilines is 1. The molecule has 0 unspecified atom stereocenters. The van der Waals surface area contributed by atoms with Gasteiger partial charge in [-0.1, -0.05) is 11.3 Å². The first kappa shape index (κ1) is 15.6. The van der Waals surface area contributed by atoms with Gasteiger partial charge < -0.3 is 5.73 Å². The summed E-state index contributed by atoms with van der Waals surface area (Å²) in [6.07, 6.45) is 0. The maximum atomic E-state index is 10.7. The van der Waals surface area contributed by atoms with Crippen molar-refractivity contribution in [2.45, 2.75) is 0 Å². The van der Waals surface area contributed by atoms with Crippen LogP contribution in [0.4, 0.5) is 16.5 Å². The molecule has 0 aliphatic rings. The van der Waals surface area contributed by atoms with Gasteiger partial charge in [-0.2, -0.15) is 0 Å². The molecule has 3 rings (SSSR count). The molecular weight excluding hydrogens is 332 g/mol. The van der Waals surface area contributed by atoms with Gasteiger partial charge in [0.25, 0.3) is 11.4 Å². The molecule has 120 valence electrons. The van der Waals surface area contributed by atoms with Crippen molar-refractivity contribution in [2.75, 3.05) is 5.73 Å². The van der Waals surface area contributed by atoms with Crippen molar-refractivity contribution in [3.63, 3.8) is 0 Å². The van der Waals surface area contributed by atoms with Gasteiger partial charge in [-0.25, -0.2) is 4.98 Å². The Labute approximate surface area is 139 Å². The topological polar surface area (TPSA) is 125 Å². The van der Waals surface area contributed by atoms with E-state index in [1.54, 1.807) is 24.3 Å². The van der Waals surface area contributed by atoms with Gasteiger partial charge in [-0.3, -0.25) is 20.2 Å². The number of nitrogen functional groups attached to an aromatic ring is 1. The molecule has 0 aliphatic heterocycles. The van der Waals surface area contributed by atoms with Crippen molar-refractivity contribution in [1.82, 2.24) is 4.98 Å². The molecule has 8 nitrogen and oxygen atoms in total. The van der Waals surface area contributed by atoms with E-state index < -0.39 is 9.85 Å². The summed E-state index contributed by atoms with van der Waals surface area (Å²) in [4.78, 5) is 25.6. The Morgan fingerprint density at radius 3 is 1.75 bits per heavy atom. The first-order chi connectivity index (χ1) is 11.5. The SMILES string of the molecule is Nc1nc(-c2ccc([N+](=O)[O-])cc2)c(-c2ccc([N+](=O)[O-])cc2)s1. The van der Waals surface area contributed by atoms with Gasteiger partial charge in [0, 0.05) is 29.8 Å². The molecular formula is C15H10N4O4S. The molecule has 1 heterocycles. The Morgan fingerprint density at radius 1 is 0.833 bits per heavy atom. The first-order valence-electron chi connectivity index (χ1n) is 6.71. The fraction of sp³-hybridized carbons (Fsp3) is 0. The molecule has 0 radical (unpaired) electrons. The summed E-state index contributed by atoms with van der Waals surface area (Å²) in [5.41, 5.74) is 7.79. The lowest BCUT2D eigenvalue weighted by Gasteiger charge is -2.03. The smallest absolute Gasteiger partial charge is 0.269 e. The van der Waals surface area contributed by atoms with Crippen molar-refractivity contribution < 1.29 is 9.85 Å². The molecule has 0 aliphatic carbocycles. The second-order valence-corrected chi connectivity index (χ2v) is 5.87. The van der Waals surface area contributed by atoms with Gasteiger partial charge in [0.05, 0.1) is 20.4 Å². The Kier molecular flexibility index (Phi) is 3.92. The van der Waals surface area contributed by atoms with E-state index in [-0.39, 0.29) is 11.4 Å². The Bertz CT molecular complexity index is 845. The quantitative estimate of drug-likeness (QED) is 0.566. The number of rotatable bonds is 4. The molecule has 0 atom stereocenters. The molecule has 24 heavy (non-hydrogen) atoms. The molecule has 1 aromatic heterocycles. The Hall–Kier alpha value is -3.33. The van der Waals surface area contributed by atoms with Crippen molar-refractivity contribution >= 4 is 27.8 Å². The molecule has 0 saturated heterocycles. The minimum atomic E-state index is -0.476. The van der Waals surface area contributed by atoms with Gasteiger partial charge >= 0.3 is 0 Å². The number of nitro groups is 2. The van der Waals surface area contributed by atoms with E-state index in [4.69, 9.17) is 5.73 Å². The average Bonchev–Trinajstić information content (AvgIpc) is 2.97. The van der Waals surface area contributed by atoms with Crippen LogP contribution in [0.5, 0.6) is 0 Å². The molecule has 9 heteroatoms. The van der Waals surface area contributed by atoms with Crippen LogP contribution in [0.1, 0.15) is 0 Å². The minimum absolute atomic E-state index is 0.00637. The number of nitro benzene ring substituents is 2. The van der Waals surface area contributed by atoms with E-state index in [0.29, 0.717) is 16.4 Å². The Morgan fingerprint density at radius 2 is 1.29 bits per heavy atom. The Balaban J connectivity index is 2.04. The van der Waals surface area contributed by atoms with Crippen LogP contribution in [-0.2, 0) is 0 Å². The van der Waals surface area contributed by atoms with Crippen molar-refractivity contribution in [3.8, 4) is 21.7 Å². The van der Waals surface area contributed by atoms with E-state index in [1.807, 2.05) is 0 Å². The molecule has 2 N–H and O–H groups in total. The van der Waals surface area contributed by atoms with Gasteiger partial charge in [-0.15, -0.1) is 0 Å². The van der Waals surface area contributed by atoms with Crippen molar-refractivity contribution in [2.24, 2.45) is 0 Å². The summed E-state index contributed by atoms with van der Waals surface area (Å²) in [6, 6.07) is 12.0. The predicted octanol–water partition coefficient (Wildman–Crippen LogP) is 3.88. The van der Waals surface area contributed by atoms with E-state index in [1.165, 1.54) is 35.6 Å². The van der Waals surface area contributed by atoms with Crippen LogP contribution in [-0.4, -0.2) is 14.8 Å². The minimum Gasteiger partial charge on any atom is -0.375 e. The lowest BCUT2D eigenvalue weighted by atomic mass is 10.1. The van der Waals surface area contributed by atoms with Gasteiger partial charge in [0.1, 0.15) is 0 Å². The fourth-order valence-electron chi connectivity index (χ4n) is 2.20. The molecule has 2 aromatic carbocycles. The van der Waals surface area contributed by atoms with Crippen molar-refractivity contribution in [3.05, 3.63) is 68.8 Å². The third-order valence-electron chi connectivity index (χ3n) is 3.34. The van der Waals surface area contributed by atoms with E-state index in [2.05, 4.69) is 4.98 Å². The average molecular weight is 342 g/mol. The van der Waals surface area contributed by atoms with Crippen molar-refractivity contribution in [1.29, 1.82) is 0 Å². The van der Waals surface area contributed by atoms with E-state index in [0.717, 1.165) is 10.4 Å². The highest BCUT2D eigenvalue weighted by Gasteiger charge is 2.16. The van der Waals surface area contributed by atoms with Crippen LogP contribution in [0.25, 0.3) is 21.7 Å². The molecule has 0 bridgehead atoms. The fourth-order valence-corrected chi connectivity index (χ4v) is 3.06. The summed E-state index contributed by atoms with van der Waals surface area (Å²) in [6.45, 7) is 0. The van der Waals surface area contributed by atoms with Gasteiger partial charge in [0.15, 0.2) is 5.13 Å². The highest BCUT2D eigenvalue weighted by molar-refractivity contribution is 7.19. The van der Waals surface area contributed by atoms with Gasteiger partial charge in [-0.05, 0) is 29.8 Å². The second kappa shape index (κ2) is 6.05. The zero-order valence-corrected chi connectivity index (χ0v) is 12.9. The summed E-state index contributed by atoms with van der Waals surface area (Å²) in [5.74, 6) is 0. The zero-order chi connectivity index (χ0) is 17.3. The van der Waals surface area contributed by atoms with Crippen LogP contribution in [0, 0.1) is 20.2 Å². The third kappa shape index (κ3) is 2.92. The number of hydrogen-bond acceptors (Lipinski definition) is 7. The highest BCUT2D eigenvalue weighted by atomic mass is 32.1. The predicted molar refractivity (Wildman–Crippen MR) is 90.7 cm³/mol. The maximum Gasteiger partial charge on any atom is 0.269 e. The summed E-state index contributed by atoms with van der Waals surface area (Å²) >= 11 is 1.25. The summed E-state index contributed by atoms with van der Waals surface area (Å²) in [5, 5.41) is 21.8. The number of aromatic nitrogens is 1. The standard InChI is InChI=1S/C15H10N4O4S/c16-15-17-13(9-1-5-11(6-2-9)18(20)21)14(24-15)10-3-7-12(8-4-10)19(22)23/h1-8H,(H2,16,17). The number of non-ortho nitro benzene ring substituents is 2. The number of nitrogens with two attached hydrogens (primary N) is 1. The number of hydrogen-bond donors (Lipinski definition) is 1. The zero-order valence-electron chi connectivity index (χ0n) is 12.1. The van der Waals surface area contributed by atoms with Crippen LogP contribution >= 0.6 is 11.3 Å². The number of benzene rings is 2. The maximum absolute atomic E-state index is 10.7. The molecule has 0 amide bonds. The van der Waals surface area contributed by atoms with Gasteiger partial charge in [0.2, 0.25) is 0 Å². The van der Waals surface area contributed by atoms with Crippen LogP contribution < -0.4 is 5.73 Å². The molecule has 0 saturated carbocycles. The highest BCUT2D eigenvalue weighted by Crippen LogP contribution is 2.38. The van der Waals surface area contributed by atoms with Crippen LogP contribution in [0.15, 0.2) is 48.5 Å². The summed E-state index contributed by atoms with van der Waals surface area (Å²) < 4.78 is 0. The second-order valence-electron chi connectivity index (χ2n) is 4.84. The lowest BCUT2D eigenvalue weighted by molar-refractivity contribution is -0.385. The third-order valence-corrected chi connectivity index (χ3v) is 4.27. The molecule has 0 fully saturated rings. The van der Waals surface area contributed by atoms with Crippen LogP contribution in [0.2, 0.25) is 0 Å². The normalized spacial score (nSPS) is 10.5. The van der Waals surface area contributed by atoms with E-state index >= 15 is 0 Å². The largest absolute Gasteiger partial charge is 0.375 e. The lowest BCUT2D eigenvalue weighted by Crippen LogP contribution is -1.89. The van der Waals surface area contributed by atoms with Crippen LogP contribution in [0.3, 0.4) is 0 Å². The number of thiazole rings is 1.